The van der Waals surface area contributed by atoms with E-state index >= 15 is 0 Å². The van der Waals surface area contributed by atoms with Gasteiger partial charge in [0.05, 0.1) is 16.5 Å². The quantitative estimate of drug-likeness (QED) is 0.383. The Bertz CT molecular complexity index is 1320. The van der Waals surface area contributed by atoms with Gasteiger partial charge in [-0.1, -0.05) is 42.5 Å². The lowest BCUT2D eigenvalue weighted by Crippen LogP contribution is -2.30. The lowest BCUT2D eigenvalue weighted by atomic mass is 10.1. The van der Waals surface area contributed by atoms with Crippen molar-refractivity contribution >= 4 is 33.0 Å². The molecular weight excluding hydrogens is 452 g/mol. The molecule has 0 unspecified atom stereocenters. The molecule has 0 saturated carbocycles. The van der Waals surface area contributed by atoms with E-state index in [0.29, 0.717) is 5.56 Å². The van der Waals surface area contributed by atoms with Crippen LogP contribution in [0.2, 0.25) is 0 Å². The van der Waals surface area contributed by atoms with Gasteiger partial charge < -0.3 is 5.32 Å². The van der Waals surface area contributed by atoms with Gasteiger partial charge in [-0.3, -0.25) is 14.6 Å². The second-order valence-electron chi connectivity index (χ2n) is 9.02. The zero-order chi connectivity index (χ0) is 24.0. The summed E-state index contributed by atoms with van der Waals surface area (Å²) in [5, 5.41) is 13.2. The number of hydrogen-bond acceptors (Lipinski definition) is 5. The normalized spacial score (nSPS) is 14.9. The van der Waals surface area contributed by atoms with Gasteiger partial charge in [-0.2, -0.15) is 5.26 Å². The van der Waals surface area contributed by atoms with Crippen LogP contribution in [0.3, 0.4) is 0 Å². The number of rotatable bonds is 6. The van der Waals surface area contributed by atoms with Gasteiger partial charge in [0.1, 0.15) is 0 Å². The molecule has 1 N–H and O–H groups in total. The number of carbonyl (C=O) groups is 1. The highest BCUT2D eigenvalue weighted by Gasteiger charge is 2.16. The molecule has 1 amide bonds. The van der Waals surface area contributed by atoms with Gasteiger partial charge in [0, 0.05) is 36.6 Å². The summed E-state index contributed by atoms with van der Waals surface area (Å²) in [5.74, 6) is -0.0587. The molecule has 1 aliphatic heterocycles. The third-order valence-corrected chi connectivity index (χ3v) is 7.53. The number of anilines is 1. The molecule has 1 saturated heterocycles. The maximum Gasteiger partial charge on any atom is 0.265 e. The first-order chi connectivity index (χ1) is 17.2. The molecule has 0 spiro atoms. The van der Waals surface area contributed by atoms with E-state index in [-0.39, 0.29) is 5.91 Å². The molecule has 5 rings (SSSR count). The lowest BCUT2D eigenvalue weighted by molar-refractivity contribution is 0.103. The van der Waals surface area contributed by atoms with Gasteiger partial charge in [-0.25, -0.2) is 0 Å². The van der Waals surface area contributed by atoms with Gasteiger partial charge in [0.15, 0.2) is 0 Å². The molecule has 1 aliphatic rings. The molecule has 0 radical (unpaired) electrons. The van der Waals surface area contributed by atoms with Crippen LogP contribution in [0.25, 0.3) is 10.1 Å². The molecule has 0 bridgehead atoms. The van der Waals surface area contributed by atoms with Gasteiger partial charge in [-0.05, 0) is 72.4 Å². The monoisotopic (exact) mass is 480 g/mol. The zero-order valence-corrected chi connectivity index (χ0v) is 20.4. The number of nitriles is 1. The Morgan fingerprint density at radius 1 is 0.857 bits per heavy atom. The molecule has 1 aromatic heterocycles. The van der Waals surface area contributed by atoms with E-state index in [4.69, 9.17) is 5.26 Å². The van der Waals surface area contributed by atoms with E-state index < -0.39 is 0 Å². The fraction of sp³-hybridized carbons (Fsp3) is 0.241. The second kappa shape index (κ2) is 10.8. The SMILES string of the molecule is N#Cc1ccc(CN2CCCN(Cc3cccc(NC(=O)c4cc5ccccc5s4)c3)CC2)cc1. The lowest BCUT2D eigenvalue weighted by Gasteiger charge is -2.22. The average molecular weight is 481 g/mol. The van der Waals surface area contributed by atoms with Crippen LogP contribution >= 0.6 is 11.3 Å². The summed E-state index contributed by atoms with van der Waals surface area (Å²) in [5.41, 5.74) is 4.00. The average Bonchev–Trinajstić information content (AvgIpc) is 3.21. The molecule has 5 nitrogen and oxygen atoms in total. The molecule has 176 valence electrons. The van der Waals surface area contributed by atoms with E-state index in [1.165, 1.54) is 22.5 Å². The summed E-state index contributed by atoms with van der Waals surface area (Å²) in [6, 6.07) is 28.3. The summed E-state index contributed by atoms with van der Waals surface area (Å²) in [7, 11) is 0. The first-order valence-electron chi connectivity index (χ1n) is 12.0. The summed E-state index contributed by atoms with van der Waals surface area (Å²) in [6.07, 6.45) is 1.12. The first-order valence-corrected chi connectivity index (χ1v) is 12.8. The van der Waals surface area contributed by atoms with Crippen molar-refractivity contribution in [1.29, 1.82) is 5.26 Å². The number of nitrogens with one attached hydrogen (secondary N) is 1. The van der Waals surface area contributed by atoms with Crippen molar-refractivity contribution in [2.45, 2.75) is 19.5 Å². The number of amides is 1. The fourth-order valence-corrected chi connectivity index (χ4v) is 5.53. The van der Waals surface area contributed by atoms with E-state index in [2.05, 4.69) is 45.5 Å². The maximum absolute atomic E-state index is 12.8. The topological polar surface area (TPSA) is 59.4 Å². The number of benzene rings is 3. The minimum absolute atomic E-state index is 0.0587. The summed E-state index contributed by atoms with van der Waals surface area (Å²) < 4.78 is 1.13. The van der Waals surface area contributed by atoms with Crippen LogP contribution in [0.4, 0.5) is 5.69 Å². The van der Waals surface area contributed by atoms with Gasteiger partial charge >= 0.3 is 0 Å². The Morgan fingerprint density at radius 2 is 1.60 bits per heavy atom. The molecule has 6 heteroatoms. The summed E-state index contributed by atoms with van der Waals surface area (Å²) >= 11 is 1.52. The van der Waals surface area contributed by atoms with Crippen LogP contribution in [0.15, 0.2) is 78.9 Å². The van der Waals surface area contributed by atoms with Crippen molar-refractivity contribution in [3.05, 3.63) is 100 Å². The Balaban J connectivity index is 1.17. The Labute approximate surface area is 210 Å². The van der Waals surface area contributed by atoms with Gasteiger partial charge in [0.25, 0.3) is 5.91 Å². The van der Waals surface area contributed by atoms with Crippen LogP contribution in [-0.2, 0) is 13.1 Å². The smallest absolute Gasteiger partial charge is 0.265 e. The number of hydrogen-bond donors (Lipinski definition) is 1. The molecule has 0 aliphatic carbocycles. The van der Waals surface area contributed by atoms with Crippen LogP contribution in [-0.4, -0.2) is 41.9 Å². The van der Waals surface area contributed by atoms with E-state index in [9.17, 15) is 4.79 Å². The minimum Gasteiger partial charge on any atom is -0.321 e. The van der Waals surface area contributed by atoms with Crippen LogP contribution < -0.4 is 5.32 Å². The van der Waals surface area contributed by atoms with E-state index in [1.54, 1.807) is 0 Å². The third-order valence-electron chi connectivity index (χ3n) is 6.41. The highest BCUT2D eigenvalue weighted by atomic mass is 32.1. The van der Waals surface area contributed by atoms with E-state index in [1.807, 2.05) is 54.6 Å². The maximum atomic E-state index is 12.8. The van der Waals surface area contributed by atoms with Crippen LogP contribution in [0.5, 0.6) is 0 Å². The Hall–Kier alpha value is -3.50. The largest absolute Gasteiger partial charge is 0.321 e. The predicted molar refractivity (Wildman–Crippen MR) is 143 cm³/mol. The standard InChI is InChI=1S/C29H28N4OS/c30-19-22-9-11-23(12-10-22)20-32-13-4-14-33(16-15-32)21-24-5-3-7-26(17-24)31-29(34)28-18-25-6-1-2-8-27(25)35-28/h1-3,5-12,17-18H,4,13-16,20-21H2,(H,31,34). The van der Waals surface area contributed by atoms with Crippen molar-refractivity contribution in [3.63, 3.8) is 0 Å². The highest BCUT2D eigenvalue weighted by molar-refractivity contribution is 7.20. The van der Waals surface area contributed by atoms with Crippen LogP contribution in [0.1, 0.15) is 32.8 Å². The number of nitrogens with zero attached hydrogens (tertiary/aromatic N) is 3. The molecule has 1 fully saturated rings. The first kappa shape index (κ1) is 23.3. The summed E-state index contributed by atoms with van der Waals surface area (Å²) in [4.78, 5) is 18.5. The Morgan fingerprint density at radius 3 is 2.34 bits per heavy atom. The van der Waals surface area contributed by atoms with Crippen molar-refractivity contribution in [3.8, 4) is 6.07 Å². The van der Waals surface area contributed by atoms with Crippen molar-refractivity contribution in [1.82, 2.24) is 9.80 Å². The second-order valence-corrected chi connectivity index (χ2v) is 10.1. The van der Waals surface area contributed by atoms with Gasteiger partial charge in [-0.15, -0.1) is 11.3 Å². The molecular formula is C29H28N4OS. The number of fused-ring (bicyclic) bond motifs is 1. The summed E-state index contributed by atoms with van der Waals surface area (Å²) in [6.45, 7) is 5.94. The third kappa shape index (κ3) is 5.95. The van der Waals surface area contributed by atoms with E-state index in [0.717, 1.165) is 66.3 Å². The number of carbonyl (C=O) groups excluding carboxylic acids is 1. The van der Waals surface area contributed by atoms with Crippen molar-refractivity contribution < 1.29 is 4.79 Å². The molecule has 0 atom stereocenters. The molecule has 3 aromatic carbocycles. The zero-order valence-electron chi connectivity index (χ0n) is 19.6. The molecule has 4 aromatic rings. The van der Waals surface area contributed by atoms with Crippen molar-refractivity contribution in [2.24, 2.45) is 0 Å². The molecule has 35 heavy (non-hydrogen) atoms. The number of thiophene rings is 1. The van der Waals surface area contributed by atoms with Crippen LogP contribution in [0, 0.1) is 11.3 Å². The predicted octanol–water partition coefficient (Wildman–Crippen LogP) is 5.73. The van der Waals surface area contributed by atoms with Gasteiger partial charge in [0.2, 0.25) is 0 Å². The van der Waals surface area contributed by atoms with Crippen molar-refractivity contribution in [2.75, 3.05) is 31.5 Å². The Kier molecular flexibility index (Phi) is 7.20. The fourth-order valence-electron chi connectivity index (χ4n) is 4.58. The highest BCUT2D eigenvalue weighted by Crippen LogP contribution is 2.26. The minimum atomic E-state index is -0.0587. The molecule has 2 heterocycles.